The van der Waals surface area contributed by atoms with Gasteiger partial charge < -0.3 is 10.5 Å². The Labute approximate surface area is 112 Å². The minimum absolute atomic E-state index is 1.28. The minimum Gasteiger partial charge on any atom is -0.328 e. The highest BCUT2D eigenvalue weighted by atomic mass is 16.9. The van der Waals surface area contributed by atoms with Crippen molar-refractivity contribution in [3.05, 3.63) is 70.8 Å². The van der Waals surface area contributed by atoms with Crippen molar-refractivity contribution < 1.29 is 10.3 Å². The SMILES string of the molecule is CNC.O=[N+]([O-])O.c1ccc(-c2ccccc2)cc1. The molecule has 0 fully saturated rings. The van der Waals surface area contributed by atoms with Crippen molar-refractivity contribution in [2.75, 3.05) is 14.1 Å². The summed E-state index contributed by atoms with van der Waals surface area (Å²) in [6, 6.07) is 20.8. The van der Waals surface area contributed by atoms with E-state index in [2.05, 4.69) is 53.8 Å². The van der Waals surface area contributed by atoms with Gasteiger partial charge in [-0.2, -0.15) is 0 Å². The molecule has 0 aliphatic carbocycles. The lowest BCUT2D eigenvalue weighted by atomic mass is 10.1. The molecule has 0 bridgehead atoms. The Kier molecular flexibility index (Phi) is 9.38. The fraction of sp³-hybridized carbons (Fsp3) is 0.143. The zero-order valence-corrected chi connectivity index (χ0v) is 11.0. The molecule has 5 nitrogen and oxygen atoms in total. The molecule has 0 saturated heterocycles. The highest BCUT2D eigenvalue weighted by molar-refractivity contribution is 5.62. The molecule has 0 atom stereocenters. The smallest absolute Gasteiger partial charge is 0.291 e. The van der Waals surface area contributed by atoms with Crippen LogP contribution in [0.25, 0.3) is 11.1 Å². The van der Waals surface area contributed by atoms with Crippen LogP contribution in [0.2, 0.25) is 0 Å². The van der Waals surface area contributed by atoms with Gasteiger partial charge in [0.05, 0.1) is 0 Å². The number of hydrogen-bond acceptors (Lipinski definition) is 3. The van der Waals surface area contributed by atoms with Crippen LogP contribution in [-0.2, 0) is 0 Å². The third-order valence-corrected chi connectivity index (χ3v) is 1.88. The van der Waals surface area contributed by atoms with Gasteiger partial charge >= 0.3 is 0 Å². The molecule has 0 aliphatic rings. The van der Waals surface area contributed by atoms with Crippen LogP contribution in [0.1, 0.15) is 0 Å². The van der Waals surface area contributed by atoms with Gasteiger partial charge in [0.15, 0.2) is 0 Å². The summed E-state index contributed by atoms with van der Waals surface area (Å²) >= 11 is 0. The Hall–Kier alpha value is -2.40. The molecule has 0 amide bonds. The summed E-state index contributed by atoms with van der Waals surface area (Å²) in [5.41, 5.74) is 2.55. The fourth-order valence-electron chi connectivity index (χ4n) is 1.26. The van der Waals surface area contributed by atoms with E-state index in [1.807, 2.05) is 26.2 Å². The molecular formula is C14H18N2O3. The quantitative estimate of drug-likeness (QED) is 0.612. The number of hydrogen-bond donors (Lipinski definition) is 2. The minimum atomic E-state index is -1.50. The molecule has 102 valence electrons. The van der Waals surface area contributed by atoms with E-state index in [9.17, 15) is 0 Å². The Balaban J connectivity index is 0.000000393. The van der Waals surface area contributed by atoms with Crippen LogP contribution in [0.15, 0.2) is 60.7 Å². The van der Waals surface area contributed by atoms with Crippen LogP contribution in [0.4, 0.5) is 0 Å². The predicted octanol–water partition coefficient (Wildman–Crippen LogP) is 2.84. The second kappa shape index (κ2) is 10.7. The van der Waals surface area contributed by atoms with Crippen molar-refractivity contribution >= 4 is 0 Å². The van der Waals surface area contributed by atoms with Crippen molar-refractivity contribution in [2.24, 2.45) is 0 Å². The van der Waals surface area contributed by atoms with Crippen LogP contribution >= 0.6 is 0 Å². The van der Waals surface area contributed by atoms with Gasteiger partial charge in [0.2, 0.25) is 0 Å². The predicted molar refractivity (Wildman–Crippen MR) is 75.6 cm³/mol. The van der Waals surface area contributed by atoms with Gasteiger partial charge in [-0.1, -0.05) is 60.7 Å². The van der Waals surface area contributed by atoms with E-state index in [0.29, 0.717) is 0 Å². The normalized spacial score (nSPS) is 8.32. The molecule has 0 aliphatic heterocycles. The molecule has 0 spiro atoms. The first kappa shape index (κ1) is 16.6. The molecule has 0 radical (unpaired) electrons. The maximum absolute atomic E-state index is 8.36. The molecule has 2 rings (SSSR count). The summed E-state index contributed by atoms with van der Waals surface area (Å²) in [4.78, 5) is 8.36. The van der Waals surface area contributed by atoms with Crippen molar-refractivity contribution in [1.82, 2.24) is 5.32 Å². The lowest BCUT2D eigenvalue weighted by Crippen LogP contribution is -1.89. The number of nitrogens with zero attached hydrogens (tertiary/aromatic N) is 1. The zero-order valence-electron chi connectivity index (χ0n) is 11.0. The Bertz CT molecular complexity index is 405. The van der Waals surface area contributed by atoms with E-state index >= 15 is 0 Å². The van der Waals surface area contributed by atoms with E-state index in [0.717, 1.165) is 0 Å². The molecule has 2 aromatic rings. The van der Waals surface area contributed by atoms with Gasteiger partial charge in [-0.05, 0) is 25.2 Å². The summed E-state index contributed by atoms with van der Waals surface area (Å²) in [7, 11) is 3.75. The molecular weight excluding hydrogens is 244 g/mol. The average molecular weight is 262 g/mol. The second-order valence-corrected chi connectivity index (χ2v) is 3.47. The van der Waals surface area contributed by atoms with Crippen LogP contribution in [0.3, 0.4) is 0 Å². The van der Waals surface area contributed by atoms with E-state index in [1.54, 1.807) is 0 Å². The first-order valence-corrected chi connectivity index (χ1v) is 5.64. The van der Waals surface area contributed by atoms with Gasteiger partial charge in [-0.3, -0.25) is 0 Å². The number of nitrogens with one attached hydrogen (secondary N) is 1. The molecule has 0 heterocycles. The molecule has 2 aromatic carbocycles. The molecule has 0 unspecified atom stereocenters. The lowest BCUT2D eigenvalue weighted by Gasteiger charge is -1.98. The monoisotopic (exact) mass is 262 g/mol. The Morgan fingerprint density at radius 2 is 1.11 bits per heavy atom. The zero-order chi connectivity index (χ0) is 14.5. The van der Waals surface area contributed by atoms with Gasteiger partial charge in [-0.25, -0.2) is 0 Å². The van der Waals surface area contributed by atoms with E-state index in [4.69, 9.17) is 15.3 Å². The second-order valence-electron chi connectivity index (χ2n) is 3.47. The molecule has 19 heavy (non-hydrogen) atoms. The first-order valence-electron chi connectivity index (χ1n) is 5.64. The summed E-state index contributed by atoms with van der Waals surface area (Å²) < 4.78 is 0. The molecule has 5 heteroatoms. The van der Waals surface area contributed by atoms with Gasteiger partial charge in [0, 0.05) is 0 Å². The van der Waals surface area contributed by atoms with Crippen molar-refractivity contribution in [2.45, 2.75) is 0 Å². The van der Waals surface area contributed by atoms with Gasteiger partial charge in [-0.15, -0.1) is 10.1 Å². The van der Waals surface area contributed by atoms with Crippen LogP contribution < -0.4 is 5.32 Å². The topological polar surface area (TPSA) is 75.4 Å². The van der Waals surface area contributed by atoms with Gasteiger partial charge in [0.25, 0.3) is 5.09 Å². The Morgan fingerprint density at radius 3 is 1.32 bits per heavy atom. The van der Waals surface area contributed by atoms with Crippen LogP contribution in [-0.4, -0.2) is 24.4 Å². The summed E-state index contributed by atoms with van der Waals surface area (Å²) in [5.74, 6) is 0. The maximum Gasteiger partial charge on any atom is 0.291 e. The van der Waals surface area contributed by atoms with Gasteiger partial charge in [0.1, 0.15) is 0 Å². The average Bonchev–Trinajstić information content (AvgIpc) is 2.41. The van der Waals surface area contributed by atoms with Crippen molar-refractivity contribution in [3.8, 4) is 11.1 Å². The largest absolute Gasteiger partial charge is 0.328 e. The fourth-order valence-corrected chi connectivity index (χ4v) is 1.26. The highest BCUT2D eigenvalue weighted by Gasteiger charge is 1.91. The van der Waals surface area contributed by atoms with E-state index in [-0.39, 0.29) is 0 Å². The lowest BCUT2D eigenvalue weighted by molar-refractivity contribution is -0.742. The highest BCUT2D eigenvalue weighted by Crippen LogP contribution is 2.17. The third-order valence-electron chi connectivity index (χ3n) is 1.88. The van der Waals surface area contributed by atoms with E-state index < -0.39 is 5.09 Å². The molecule has 0 saturated carbocycles. The summed E-state index contributed by atoms with van der Waals surface area (Å²) in [6.07, 6.45) is 0. The van der Waals surface area contributed by atoms with Crippen molar-refractivity contribution in [3.63, 3.8) is 0 Å². The standard InChI is InChI=1S/C12H10.C2H7N.HNO3/c1-3-7-11(8-4-1)12-9-5-2-6-10-12;1-3-2;2-1(3)4/h1-10H;3H,1-2H3;(H,2,3,4). The maximum atomic E-state index is 8.36. The number of rotatable bonds is 1. The van der Waals surface area contributed by atoms with E-state index in [1.165, 1.54) is 11.1 Å². The summed E-state index contributed by atoms with van der Waals surface area (Å²) in [6.45, 7) is 0. The van der Waals surface area contributed by atoms with Crippen LogP contribution in [0.5, 0.6) is 0 Å². The number of benzene rings is 2. The summed E-state index contributed by atoms with van der Waals surface area (Å²) in [5, 5.41) is 16.4. The Morgan fingerprint density at radius 1 is 0.895 bits per heavy atom. The third kappa shape index (κ3) is 9.31. The molecule has 0 aromatic heterocycles. The molecule has 2 N–H and O–H groups in total. The van der Waals surface area contributed by atoms with Crippen LogP contribution in [0, 0.1) is 10.1 Å². The van der Waals surface area contributed by atoms with Crippen molar-refractivity contribution in [1.29, 1.82) is 0 Å². The first-order chi connectivity index (χ1) is 9.11.